The Bertz CT molecular complexity index is 392. The highest BCUT2D eigenvalue weighted by Crippen LogP contribution is 2.12. The zero-order chi connectivity index (χ0) is 12.7. The van der Waals surface area contributed by atoms with Gasteiger partial charge < -0.3 is 5.32 Å². The maximum atomic E-state index is 11.4. The van der Waals surface area contributed by atoms with Crippen molar-refractivity contribution in [2.24, 2.45) is 0 Å². The average molecular weight is 234 g/mol. The molecule has 1 amide bonds. The van der Waals surface area contributed by atoms with Crippen molar-refractivity contribution in [3.05, 3.63) is 47.6 Å². The van der Waals surface area contributed by atoms with Crippen molar-refractivity contribution in [3.63, 3.8) is 0 Å². The Labute approximate surface area is 102 Å². The van der Waals surface area contributed by atoms with Gasteiger partial charge in [-0.25, -0.2) is 0 Å². The molecule has 0 bridgehead atoms. The van der Waals surface area contributed by atoms with E-state index in [9.17, 15) is 4.79 Å². The molecule has 0 unspecified atom stereocenters. The molecule has 1 aliphatic heterocycles. The molecular weight excluding hydrogens is 216 g/mol. The van der Waals surface area contributed by atoms with Crippen LogP contribution in [0.2, 0.25) is 0 Å². The summed E-state index contributed by atoms with van der Waals surface area (Å²) in [5, 5.41) is 2.58. The summed E-state index contributed by atoms with van der Waals surface area (Å²) >= 11 is 0. The highest BCUT2D eigenvalue weighted by Gasteiger charge is 2.06. The van der Waals surface area contributed by atoms with Gasteiger partial charge in [-0.3, -0.25) is 9.63 Å². The predicted octanol–water partition coefficient (Wildman–Crippen LogP) is 1.25. The molecule has 4 heteroatoms. The van der Waals surface area contributed by atoms with Crippen LogP contribution >= 0.6 is 0 Å². The summed E-state index contributed by atoms with van der Waals surface area (Å²) in [4.78, 5) is 16.5. The van der Waals surface area contributed by atoms with Crippen LogP contribution in [-0.4, -0.2) is 26.1 Å². The molecule has 0 aromatic rings. The van der Waals surface area contributed by atoms with E-state index in [4.69, 9.17) is 4.84 Å². The van der Waals surface area contributed by atoms with Crippen LogP contribution in [0.15, 0.2) is 47.6 Å². The van der Waals surface area contributed by atoms with E-state index in [0.29, 0.717) is 18.7 Å². The first-order valence-electron chi connectivity index (χ1n) is 5.48. The zero-order valence-electron chi connectivity index (χ0n) is 10.2. The van der Waals surface area contributed by atoms with Crippen molar-refractivity contribution >= 4 is 5.91 Å². The van der Waals surface area contributed by atoms with Gasteiger partial charge >= 0.3 is 0 Å². The number of hydroxylamine groups is 1. The second kappa shape index (κ2) is 6.83. The summed E-state index contributed by atoms with van der Waals surface area (Å²) in [6.07, 6.45) is 7.36. The first-order chi connectivity index (χ1) is 8.19. The summed E-state index contributed by atoms with van der Waals surface area (Å²) in [5.41, 5.74) is 5.26. The van der Waals surface area contributed by atoms with E-state index in [2.05, 4.69) is 17.4 Å². The number of likely N-dealkylation sites (N-methyl/N-ethyl adjacent to an activating group) is 1. The van der Waals surface area contributed by atoms with Crippen LogP contribution in [0.5, 0.6) is 0 Å². The van der Waals surface area contributed by atoms with Gasteiger partial charge in [-0.1, -0.05) is 24.8 Å². The number of hydrogen-bond donors (Lipinski definition) is 2. The quantitative estimate of drug-likeness (QED) is 0.568. The van der Waals surface area contributed by atoms with Crippen LogP contribution in [-0.2, 0) is 9.63 Å². The first-order valence-corrected chi connectivity index (χ1v) is 5.48. The van der Waals surface area contributed by atoms with Crippen molar-refractivity contribution in [1.82, 2.24) is 10.8 Å². The van der Waals surface area contributed by atoms with Gasteiger partial charge in [0, 0.05) is 19.2 Å². The molecule has 0 aromatic carbocycles. The minimum absolute atomic E-state index is 0.105. The summed E-state index contributed by atoms with van der Waals surface area (Å²) in [7, 11) is 1.61. The van der Waals surface area contributed by atoms with Crippen molar-refractivity contribution in [1.29, 1.82) is 0 Å². The smallest absolute Gasteiger partial charge is 0.250 e. The Morgan fingerprint density at radius 2 is 2.35 bits per heavy atom. The van der Waals surface area contributed by atoms with Crippen molar-refractivity contribution in [2.45, 2.75) is 6.92 Å². The van der Waals surface area contributed by atoms with E-state index in [1.54, 1.807) is 19.2 Å². The fourth-order valence-corrected chi connectivity index (χ4v) is 1.38. The molecule has 4 nitrogen and oxygen atoms in total. The third kappa shape index (κ3) is 4.01. The maximum absolute atomic E-state index is 11.4. The maximum Gasteiger partial charge on any atom is 0.250 e. The molecule has 0 spiro atoms. The summed E-state index contributed by atoms with van der Waals surface area (Å²) < 4.78 is 0. The lowest BCUT2D eigenvalue weighted by Crippen LogP contribution is -2.22. The molecule has 0 aliphatic carbocycles. The number of carbonyl (C=O) groups is 1. The Balaban J connectivity index is 2.67. The molecule has 0 saturated heterocycles. The van der Waals surface area contributed by atoms with Crippen LogP contribution in [0.3, 0.4) is 0 Å². The second-order valence-electron chi connectivity index (χ2n) is 3.55. The molecule has 1 aliphatic rings. The van der Waals surface area contributed by atoms with Gasteiger partial charge in [-0.15, -0.1) is 0 Å². The van der Waals surface area contributed by atoms with Gasteiger partial charge in [0.1, 0.15) is 0 Å². The largest absolute Gasteiger partial charge is 0.355 e. The lowest BCUT2D eigenvalue weighted by atomic mass is 10.1. The van der Waals surface area contributed by atoms with Crippen molar-refractivity contribution in [2.75, 3.05) is 20.2 Å². The van der Waals surface area contributed by atoms with Crippen LogP contribution in [0.1, 0.15) is 6.92 Å². The molecule has 0 saturated carbocycles. The van der Waals surface area contributed by atoms with Gasteiger partial charge in [-0.05, 0) is 24.1 Å². The third-order valence-electron chi connectivity index (χ3n) is 2.44. The molecule has 92 valence electrons. The standard InChI is InChI=1S/C13H18N2O2/c1-4-11(13(16)14-3)6-5-10(2)12-7-8-15-17-9-12/h4-7,15H,2,8-9H2,1,3H3,(H,14,16)/b6-5-,11-4+. The number of amides is 1. The normalized spacial score (nSPS) is 16.8. The Morgan fingerprint density at radius 1 is 1.59 bits per heavy atom. The number of carbonyl (C=O) groups excluding carboxylic acids is 1. The van der Waals surface area contributed by atoms with Crippen LogP contribution in [0, 0.1) is 0 Å². The minimum Gasteiger partial charge on any atom is -0.355 e. The minimum atomic E-state index is -0.105. The number of rotatable bonds is 4. The summed E-state index contributed by atoms with van der Waals surface area (Å²) in [5.74, 6) is -0.105. The van der Waals surface area contributed by atoms with Gasteiger partial charge in [0.05, 0.1) is 6.61 Å². The van der Waals surface area contributed by atoms with Gasteiger partial charge in [-0.2, -0.15) is 5.48 Å². The van der Waals surface area contributed by atoms with Gasteiger partial charge in [0.15, 0.2) is 0 Å². The SMILES string of the molecule is C=C(/C=C\C(=C/C)C(=O)NC)C1=CCNOC1. The molecule has 1 heterocycles. The summed E-state index contributed by atoms with van der Waals surface area (Å²) in [6.45, 7) is 6.94. The Hall–Kier alpha value is -1.65. The van der Waals surface area contributed by atoms with Crippen LogP contribution in [0.25, 0.3) is 0 Å². The lowest BCUT2D eigenvalue weighted by Gasteiger charge is -2.14. The van der Waals surface area contributed by atoms with Crippen LogP contribution in [0.4, 0.5) is 0 Å². The number of nitrogens with one attached hydrogen (secondary N) is 2. The molecule has 0 atom stereocenters. The molecule has 1 rings (SSSR count). The summed E-state index contributed by atoms with van der Waals surface area (Å²) in [6, 6.07) is 0. The van der Waals surface area contributed by atoms with Crippen molar-refractivity contribution in [3.8, 4) is 0 Å². The Kier molecular flexibility index (Phi) is 5.39. The monoisotopic (exact) mass is 234 g/mol. The fourth-order valence-electron chi connectivity index (χ4n) is 1.38. The zero-order valence-corrected chi connectivity index (χ0v) is 10.2. The molecule has 17 heavy (non-hydrogen) atoms. The van der Waals surface area contributed by atoms with E-state index >= 15 is 0 Å². The van der Waals surface area contributed by atoms with E-state index in [-0.39, 0.29) is 5.91 Å². The van der Waals surface area contributed by atoms with Gasteiger partial charge in [0.2, 0.25) is 0 Å². The topological polar surface area (TPSA) is 50.4 Å². The lowest BCUT2D eigenvalue weighted by molar-refractivity contribution is -0.116. The molecule has 0 radical (unpaired) electrons. The average Bonchev–Trinajstić information content (AvgIpc) is 2.39. The Morgan fingerprint density at radius 3 is 2.88 bits per heavy atom. The molecule has 0 aromatic heterocycles. The van der Waals surface area contributed by atoms with Crippen LogP contribution < -0.4 is 10.8 Å². The number of hydrogen-bond acceptors (Lipinski definition) is 3. The van der Waals surface area contributed by atoms with E-state index < -0.39 is 0 Å². The van der Waals surface area contributed by atoms with E-state index in [1.807, 2.05) is 19.1 Å². The molecule has 2 N–H and O–H groups in total. The molecular formula is C13H18N2O2. The highest BCUT2D eigenvalue weighted by atomic mass is 16.6. The van der Waals surface area contributed by atoms with E-state index in [0.717, 1.165) is 11.1 Å². The fraction of sp³-hybridized carbons (Fsp3) is 0.308. The van der Waals surface area contributed by atoms with E-state index in [1.165, 1.54) is 0 Å². The second-order valence-corrected chi connectivity index (χ2v) is 3.55. The van der Waals surface area contributed by atoms with Gasteiger partial charge in [0.25, 0.3) is 5.91 Å². The highest BCUT2D eigenvalue weighted by molar-refractivity contribution is 5.95. The first kappa shape index (κ1) is 13.4. The predicted molar refractivity (Wildman–Crippen MR) is 68.1 cm³/mol. The molecule has 0 fully saturated rings. The number of allylic oxidation sites excluding steroid dienone is 2. The van der Waals surface area contributed by atoms with Crippen molar-refractivity contribution < 1.29 is 9.63 Å². The third-order valence-corrected chi connectivity index (χ3v) is 2.44.